The minimum absolute atomic E-state index is 0.0813. The van der Waals surface area contributed by atoms with Gasteiger partial charge in [-0.25, -0.2) is 0 Å². The van der Waals surface area contributed by atoms with Gasteiger partial charge >= 0.3 is 6.18 Å². The molecule has 0 amide bonds. The number of hydrogen-bond donors (Lipinski definition) is 1. The molecule has 0 aliphatic heterocycles. The van der Waals surface area contributed by atoms with E-state index < -0.39 is 17.5 Å². The van der Waals surface area contributed by atoms with Crippen LogP contribution in [-0.4, -0.2) is 18.4 Å². The molecule has 0 radical (unpaired) electrons. The summed E-state index contributed by atoms with van der Waals surface area (Å²) < 4.78 is 38.1. The monoisotopic (exact) mass is 259 g/mol. The average Bonchev–Trinajstić information content (AvgIpc) is 2.34. The highest BCUT2D eigenvalue weighted by Gasteiger charge is 2.34. The van der Waals surface area contributed by atoms with Crippen molar-refractivity contribution in [3.05, 3.63) is 35.4 Å². The number of Topliss-reactive ketones (excluding diaryl/α,β-unsaturated/α-hetero) is 1. The fourth-order valence-electron chi connectivity index (χ4n) is 1.48. The number of hydrogen-bond acceptors (Lipinski definition) is 2. The largest absolute Gasteiger partial charge is 0.417 e. The van der Waals surface area contributed by atoms with Gasteiger partial charge < -0.3 is 5.32 Å². The maximum absolute atomic E-state index is 12.7. The van der Waals surface area contributed by atoms with Crippen LogP contribution in [-0.2, 0) is 6.18 Å². The van der Waals surface area contributed by atoms with Gasteiger partial charge in [0, 0.05) is 11.6 Å². The minimum Gasteiger partial charge on any atom is -0.307 e. The lowest BCUT2D eigenvalue weighted by Crippen LogP contribution is -2.31. The van der Waals surface area contributed by atoms with Crippen LogP contribution in [0.2, 0.25) is 0 Å². The summed E-state index contributed by atoms with van der Waals surface area (Å²) in [5.74, 6) is -0.539. The van der Waals surface area contributed by atoms with Crippen molar-refractivity contribution in [2.24, 2.45) is 0 Å². The maximum atomic E-state index is 12.7. The number of carbonyl (C=O) groups excluding carboxylic acids is 1. The fraction of sp³-hybridized carbons (Fsp3) is 0.462. The second-order valence-corrected chi connectivity index (χ2v) is 4.16. The Hall–Kier alpha value is -1.36. The van der Waals surface area contributed by atoms with Crippen LogP contribution in [0.3, 0.4) is 0 Å². The molecule has 1 rings (SSSR count). The molecule has 0 aliphatic carbocycles. The highest BCUT2D eigenvalue weighted by molar-refractivity contribution is 5.99. The summed E-state index contributed by atoms with van der Waals surface area (Å²) in [4.78, 5) is 11.8. The number of nitrogens with one attached hydrogen (secondary N) is 1. The van der Waals surface area contributed by atoms with Gasteiger partial charge in [0.15, 0.2) is 5.78 Å². The molecule has 0 fully saturated rings. The fourth-order valence-corrected chi connectivity index (χ4v) is 1.48. The van der Waals surface area contributed by atoms with Crippen molar-refractivity contribution in [3.8, 4) is 0 Å². The average molecular weight is 259 g/mol. The van der Waals surface area contributed by atoms with Gasteiger partial charge in [0.05, 0.1) is 12.1 Å². The van der Waals surface area contributed by atoms with E-state index in [9.17, 15) is 18.0 Å². The Labute approximate surface area is 104 Å². The molecule has 0 aliphatic rings. The standard InChI is InChI=1S/C13H16F3NO/c1-3-9(2)17-8-12(18)10-6-4-5-7-11(10)13(14,15)16/h4-7,9,17H,3,8H2,1-2H3. The van der Waals surface area contributed by atoms with Crippen molar-refractivity contribution in [1.29, 1.82) is 0 Å². The van der Waals surface area contributed by atoms with Crippen molar-refractivity contribution >= 4 is 5.78 Å². The van der Waals surface area contributed by atoms with Gasteiger partial charge in [-0.05, 0) is 19.4 Å². The normalized spacial score (nSPS) is 13.4. The number of rotatable bonds is 5. The van der Waals surface area contributed by atoms with Crippen molar-refractivity contribution in [2.45, 2.75) is 32.5 Å². The first-order valence-electron chi connectivity index (χ1n) is 5.79. The van der Waals surface area contributed by atoms with Gasteiger partial charge in [-0.2, -0.15) is 13.2 Å². The molecule has 5 heteroatoms. The van der Waals surface area contributed by atoms with Crippen molar-refractivity contribution in [1.82, 2.24) is 5.32 Å². The number of ketones is 1. The van der Waals surface area contributed by atoms with Crippen molar-refractivity contribution in [2.75, 3.05) is 6.54 Å². The Morgan fingerprint density at radius 2 is 1.94 bits per heavy atom. The predicted molar refractivity (Wildman–Crippen MR) is 63.5 cm³/mol. The second-order valence-electron chi connectivity index (χ2n) is 4.16. The minimum atomic E-state index is -4.50. The summed E-state index contributed by atoms with van der Waals surface area (Å²) >= 11 is 0. The molecule has 0 saturated heterocycles. The number of carbonyl (C=O) groups is 1. The van der Waals surface area contributed by atoms with Crippen molar-refractivity contribution < 1.29 is 18.0 Å². The lowest BCUT2D eigenvalue weighted by Gasteiger charge is -2.14. The van der Waals surface area contributed by atoms with Crippen LogP contribution in [0, 0.1) is 0 Å². The topological polar surface area (TPSA) is 29.1 Å². The van der Waals surface area contributed by atoms with E-state index in [0.717, 1.165) is 12.5 Å². The number of benzene rings is 1. The Morgan fingerprint density at radius 1 is 1.33 bits per heavy atom. The third-order valence-corrected chi connectivity index (χ3v) is 2.76. The molecule has 0 spiro atoms. The predicted octanol–water partition coefficient (Wildman–Crippen LogP) is 3.28. The van der Waals surface area contributed by atoms with Crippen LogP contribution in [0.25, 0.3) is 0 Å². The van der Waals surface area contributed by atoms with E-state index >= 15 is 0 Å². The van der Waals surface area contributed by atoms with Crippen LogP contribution in [0.5, 0.6) is 0 Å². The molecule has 1 N–H and O–H groups in total. The molecule has 18 heavy (non-hydrogen) atoms. The molecular formula is C13H16F3NO. The molecule has 0 bridgehead atoms. The first-order chi connectivity index (χ1) is 8.36. The number of alkyl halides is 3. The van der Waals surface area contributed by atoms with Crippen LogP contribution in [0.15, 0.2) is 24.3 Å². The number of halogens is 3. The SMILES string of the molecule is CCC(C)NCC(=O)c1ccccc1C(F)(F)F. The first kappa shape index (κ1) is 14.7. The van der Waals surface area contributed by atoms with Gasteiger partial charge in [0.25, 0.3) is 0 Å². The molecular weight excluding hydrogens is 243 g/mol. The highest BCUT2D eigenvalue weighted by Crippen LogP contribution is 2.31. The van der Waals surface area contributed by atoms with Gasteiger partial charge in [0.2, 0.25) is 0 Å². The summed E-state index contributed by atoms with van der Waals surface area (Å²) in [7, 11) is 0. The summed E-state index contributed by atoms with van der Waals surface area (Å²) in [5.41, 5.74) is -1.15. The second kappa shape index (κ2) is 6.00. The molecule has 0 aromatic heterocycles. The smallest absolute Gasteiger partial charge is 0.307 e. The summed E-state index contributed by atoms with van der Waals surface area (Å²) in [6, 6.07) is 4.96. The zero-order valence-electron chi connectivity index (χ0n) is 10.3. The molecule has 1 aromatic carbocycles. The molecule has 0 heterocycles. The molecule has 1 aromatic rings. The van der Waals surface area contributed by atoms with Gasteiger partial charge in [-0.3, -0.25) is 4.79 Å². The Morgan fingerprint density at radius 3 is 2.50 bits per heavy atom. The van der Waals surface area contributed by atoms with E-state index in [2.05, 4.69) is 5.32 Å². The van der Waals surface area contributed by atoms with E-state index in [4.69, 9.17) is 0 Å². The Kier molecular flexibility index (Phi) is 4.90. The maximum Gasteiger partial charge on any atom is 0.417 e. The van der Waals surface area contributed by atoms with Crippen molar-refractivity contribution in [3.63, 3.8) is 0 Å². The molecule has 1 unspecified atom stereocenters. The lowest BCUT2D eigenvalue weighted by atomic mass is 10.0. The van der Waals surface area contributed by atoms with E-state index in [1.165, 1.54) is 18.2 Å². The third kappa shape index (κ3) is 3.84. The van der Waals surface area contributed by atoms with Crippen LogP contribution in [0.4, 0.5) is 13.2 Å². The molecule has 100 valence electrons. The van der Waals surface area contributed by atoms with Crippen LogP contribution >= 0.6 is 0 Å². The van der Waals surface area contributed by atoms with E-state index in [0.29, 0.717) is 0 Å². The summed E-state index contributed by atoms with van der Waals surface area (Å²) in [6.07, 6.45) is -3.68. The Balaban J connectivity index is 2.86. The van der Waals surface area contributed by atoms with E-state index in [1.54, 1.807) is 0 Å². The molecule has 1 atom stereocenters. The Bertz CT molecular complexity index is 415. The van der Waals surface area contributed by atoms with E-state index in [1.807, 2.05) is 13.8 Å². The summed E-state index contributed by atoms with van der Waals surface area (Å²) in [5, 5.41) is 2.89. The molecule has 2 nitrogen and oxygen atoms in total. The van der Waals surface area contributed by atoms with E-state index in [-0.39, 0.29) is 18.2 Å². The van der Waals surface area contributed by atoms with Gasteiger partial charge in [-0.15, -0.1) is 0 Å². The summed E-state index contributed by atoms with van der Waals surface area (Å²) in [6.45, 7) is 3.73. The van der Waals surface area contributed by atoms with Crippen LogP contribution in [0.1, 0.15) is 36.2 Å². The zero-order valence-corrected chi connectivity index (χ0v) is 10.3. The molecule has 0 saturated carbocycles. The lowest BCUT2D eigenvalue weighted by molar-refractivity contribution is -0.137. The zero-order chi connectivity index (χ0) is 13.8. The van der Waals surface area contributed by atoms with Crippen LogP contribution < -0.4 is 5.32 Å². The quantitative estimate of drug-likeness (QED) is 0.822. The highest BCUT2D eigenvalue weighted by atomic mass is 19.4. The third-order valence-electron chi connectivity index (χ3n) is 2.76. The van der Waals surface area contributed by atoms with Gasteiger partial charge in [-0.1, -0.05) is 25.1 Å². The first-order valence-corrected chi connectivity index (χ1v) is 5.79. The van der Waals surface area contributed by atoms with Gasteiger partial charge in [0.1, 0.15) is 0 Å².